The average Bonchev–Trinajstić information content (AvgIpc) is 2.05. The zero-order valence-corrected chi connectivity index (χ0v) is 9.70. The Hall–Kier alpha value is -0.596. The topological polar surface area (TPSA) is 40.5 Å². The van der Waals surface area contributed by atoms with Crippen molar-refractivity contribution in [2.75, 3.05) is 0 Å². The first kappa shape index (κ1) is 10.5. The molecule has 0 unspecified atom stereocenters. The SMILES string of the molecule is Oc1[c-]cc2cc(O)ccc2c1.[Y]. The molecule has 0 saturated heterocycles. The van der Waals surface area contributed by atoms with E-state index >= 15 is 0 Å². The molecular formula is C10H7O2Y-. The van der Waals surface area contributed by atoms with Gasteiger partial charge < -0.3 is 10.2 Å². The summed E-state index contributed by atoms with van der Waals surface area (Å²) in [5, 5.41) is 20.0. The number of hydrogen-bond donors (Lipinski definition) is 2. The van der Waals surface area contributed by atoms with Gasteiger partial charge >= 0.3 is 0 Å². The summed E-state index contributed by atoms with van der Waals surface area (Å²) < 4.78 is 0. The van der Waals surface area contributed by atoms with E-state index in [1.54, 1.807) is 30.3 Å². The fourth-order valence-electron chi connectivity index (χ4n) is 1.16. The van der Waals surface area contributed by atoms with E-state index in [2.05, 4.69) is 6.07 Å². The summed E-state index contributed by atoms with van der Waals surface area (Å²) in [5.41, 5.74) is 0. The third-order valence-corrected chi connectivity index (χ3v) is 1.74. The molecule has 0 atom stereocenters. The molecule has 0 aliphatic carbocycles. The second-order valence-electron chi connectivity index (χ2n) is 2.63. The van der Waals surface area contributed by atoms with Gasteiger partial charge in [-0.25, -0.2) is 0 Å². The summed E-state index contributed by atoms with van der Waals surface area (Å²) in [6.07, 6.45) is 0. The van der Waals surface area contributed by atoms with Gasteiger partial charge in [-0.15, -0.1) is 22.9 Å². The van der Waals surface area contributed by atoms with E-state index in [0.717, 1.165) is 10.8 Å². The summed E-state index contributed by atoms with van der Waals surface area (Å²) >= 11 is 0. The first-order valence-corrected chi connectivity index (χ1v) is 3.59. The van der Waals surface area contributed by atoms with Crippen LogP contribution < -0.4 is 0 Å². The fraction of sp³-hybridized carbons (Fsp3) is 0. The molecule has 0 aliphatic heterocycles. The Balaban J connectivity index is 0.000000845. The minimum atomic E-state index is 0. The van der Waals surface area contributed by atoms with Gasteiger partial charge in [-0.3, -0.25) is 0 Å². The normalized spacial score (nSPS) is 9.54. The van der Waals surface area contributed by atoms with Crippen LogP contribution in [0.2, 0.25) is 0 Å². The molecule has 0 aromatic heterocycles. The van der Waals surface area contributed by atoms with Crippen LogP contribution in [0.25, 0.3) is 10.8 Å². The molecule has 13 heavy (non-hydrogen) atoms. The van der Waals surface area contributed by atoms with E-state index in [9.17, 15) is 0 Å². The number of rotatable bonds is 0. The molecule has 0 aliphatic rings. The van der Waals surface area contributed by atoms with E-state index in [4.69, 9.17) is 10.2 Å². The first-order chi connectivity index (χ1) is 5.75. The van der Waals surface area contributed by atoms with E-state index in [0.29, 0.717) is 0 Å². The second-order valence-corrected chi connectivity index (χ2v) is 2.63. The van der Waals surface area contributed by atoms with Crippen molar-refractivity contribution >= 4 is 10.8 Å². The Kier molecular flexibility index (Phi) is 3.29. The number of fused-ring (bicyclic) bond motifs is 1. The van der Waals surface area contributed by atoms with Crippen molar-refractivity contribution in [3.05, 3.63) is 36.4 Å². The number of aromatic hydroxyl groups is 2. The van der Waals surface area contributed by atoms with Gasteiger partial charge in [-0.2, -0.15) is 6.07 Å². The quantitative estimate of drug-likeness (QED) is 0.700. The standard InChI is InChI=1S/C10H7O2.Y/c11-9-3-1-7-5-10(12)4-2-8(7)6-9;/h1-3,5-6,11-12H;/q-1;. The Labute approximate surface area is 101 Å². The van der Waals surface area contributed by atoms with Crippen LogP contribution in [0.1, 0.15) is 0 Å². The smallest absolute Gasteiger partial charge is 0.104 e. The molecule has 3 heteroatoms. The van der Waals surface area contributed by atoms with Crippen LogP contribution >= 0.6 is 0 Å². The molecule has 0 bridgehead atoms. The van der Waals surface area contributed by atoms with Crippen LogP contribution in [0.3, 0.4) is 0 Å². The number of phenolic OH excluding ortho intramolecular Hbond substituents is 2. The molecule has 63 valence electrons. The monoisotopic (exact) mass is 248 g/mol. The van der Waals surface area contributed by atoms with Gasteiger partial charge in [0.1, 0.15) is 5.75 Å². The van der Waals surface area contributed by atoms with Gasteiger partial charge in [0, 0.05) is 38.5 Å². The van der Waals surface area contributed by atoms with Gasteiger partial charge in [-0.1, -0.05) is 12.1 Å². The van der Waals surface area contributed by atoms with Gasteiger partial charge in [0.15, 0.2) is 0 Å². The Morgan fingerprint density at radius 1 is 1.00 bits per heavy atom. The van der Waals surface area contributed by atoms with Gasteiger partial charge in [-0.05, 0) is 6.07 Å². The molecular weight excluding hydrogens is 241 g/mol. The van der Waals surface area contributed by atoms with Gasteiger partial charge in [0.05, 0.1) is 0 Å². The van der Waals surface area contributed by atoms with E-state index < -0.39 is 0 Å². The molecule has 2 aromatic rings. The van der Waals surface area contributed by atoms with Crippen LogP contribution in [0, 0.1) is 6.07 Å². The van der Waals surface area contributed by atoms with Crippen molar-refractivity contribution in [2.45, 2.75) is 0 Å². The van der Waals surface area contributed by atoms with E-state index in [1.807, 2.05) is 0 Å². The van der Waals surface area contributed by atoms with E-state index in [-0.39, 0.29) is 44.2 Å². The third-order valence-electron chi connectivity index (χ3n) is 1.74. The zero-order valence-electron chi connectivity index (χ0n) is 6.86. The molecule has 0 saturated carbocycles. The number of benzene rings is 2. The molecule has 2 nitrogen and oxygen atoms in total. The minimum absolute atomic E-state index is 0. The fourth-order valence-corrected chi connectivity index (χ4v) is 1.16. The van der Waals surface area contributed by atoms with Crippen molar-refractivity contribution in [2.24, 2.45) is 0 Å². The molecule has 2 aromatic carbocycles. The summed E-state index contributed by atoms with van der Waals surface area (Å²) in [6, 6.07) is 10.9. The van der Waals surface area contributed by atoms with Crippen LogP contribution in [0.4, 0.5) is 0 Å². The second kappa shape index (κ2) is 4.08. The molecule has 1 radical (unpaired) electrons. The van der Waals surface area contributed by atoms with Crippen LogP contribution in [-0.4, -0.2) is 10.2 Å². The Bertz CT molecular complexity index is 385. The molecule has 2 rings (SSSR count). The van der Waals surface area contributed by atoms with Crippen molar-refractivity contribution in [1.29, 1.82) is 0 Å². The predicted molar refractivity (Wildman–Crippen MR) is 46.1 cm³/mol. The largest absolute Gasteiger partial charge is 0.534 e. The molecule has 0 amide bonds. The maximum absolute atomic E-state index is 9.12. The zero-order chi connectivity index (χ0) is 8.55. The maximum Gasteiger partial charge on any atom is 0.104 e. The Morgan fingerprint density at radius 2 is 1.77 bits per heavy atom. The molecule has 0 spiro atoms. The van der Waals surface area contributed by atoms with Crippen molar-refractivity contribution in [3.8, 4) is 11.5 Å². The first-order valence-electron chi connectivity index (χ1n) is 3.59. The van der Waals surface area contributed by atoms with E-state index in [1.165, 1.54) is 0 Å². The molecule has 0 fully saturated rings. The van der Waals surface area contributed by atoms with Crippen molar-refractivity contribution < 1.29 is 42.9 Å². The summed E-state index contributed by atoms with van der Waals surface area (Å²) in [5.74, 6) is 0.342. The third kappa shape index (κ3) is 2.20. The predicted octanol–water partition coefficient (Wildman–Crippen LogP) is 2.05. The van der Waals surface area contributed by atoms with Crippen molar-refractivity contribution in [1.82, 2.24) is 0 Å². The summed E-state index contributed by atoms with van der Waals surface area (Å²) in [4.78, 5) is 0. The summed E-state index contributed by atoms with van der Waals surface area (Å²) in [6.45, 7) is 0. The minimum Gasteiger partial charge on any atom is -0.534 e. The summed E-state index contributed by atoms with van der Waals surface area (Å²) in [7, 11) is 0. The van der Waals surface area contributed by atoms with Crippen LogP contribution in [-0.2, 0) is 32.7 Å². The van der Waals surface area contributed by atoms with Crippen molar-refractivity contribution in [3.63, 3.8) is 0 Å². The van der Waals surface area contributed by atoms with Crippen LogP contribution in [0.15, 0.2) is 30.3 Å². The molecule has 2 N–H and O–H groups in total. The molecule has 0 heterocycles. The van der Waals surface area contributed by atoms with Gasteiger partial charge in [0.2, 0.25) is 0 Å². The van der Waals surface area contributed by atoms with Crippen LogP contribution in [0.5, 0.6) is 11.5 Å². The van der Waals surface area contributed by atoms with Gasteiger partial charge in [0.25, 0.3) is 0 Å². The maximum atomic E-state index is 9.12. The Morgan fingerprint density at radius 3 is 2.54 bits per heavy atom. The number of phenols is 2. The number of hydrogen-bond acceptors (Lipinski definition) is 2. The average molecular weight is 248 g/mol.